The molecule has 2 aromatic heterocycles. The Morgan fingerprint density at radius 2 is 1.06 bits per heavy atom. The van der Waals surface area contributed by atoms with Gasteiger partial charge in [-0.2, -0.15) is 38.3 Å². The summed E-state index contributed by atoms with van der Waals surface area (Å²) in [6, 6.07) is 21.5. The summed E-state index contributed by atoms with van der Waals surface area (Å²) in [6.45, 7) is 0. The molecule has 6 rings (SSSR count). The lowest BCUT2D eigenvalue weighted by molar-refractivity contribution is -0.432. The second-order valence-corrected chi connectivity index (χ2v) is 13.5. The van der Waals surface area contributed by atoms with E-state index in [2.05, 4.69) is 60.5 Å². The van der Waals surface area contributed by atoms with Gasteiger partial charge in [-0.05, 0) is 82.9 Å². The van der Waals surface area contributed by atoms with Crippen LogP contribution in [0.25, 0.3) is 12.2 Å². The Labute approximate surface area is 319 Å². The summed E-state index contributed by atoms with van der Waals surface area (Å²) in [6.07, 6.45) is 2.97. The summed E-state index contributed by atoms with van der Waals surface area (Å²) in [7, 11) is -4.76. The van der Waals surface area contributed by atoms with Crippen molar-refractivity contribution in [3.05, 3.63) is 107 Å². The SMILES string of the molecule is O=S(=O)(O)c1cc(Nc2nc(Cl)nc(Nc3cccc(O)c3)n2)ccc1/C=C/c1ccc(Nc2nc(Cl)nc(Nc3cccc(O)c3)n2)cc1SOOO. The molecule has 0 radical (unpaired) electrons. The molecule has 0 spiro atoms. The van der Waals surface area contributed by atoms with E-state index in [1.807, 2.05) is 0 Å². The van der Waals surface area contributed by atoms with E-state index in [4.69, 9.17) is 28.5 Å². The Morgan fingerprint density at radius 1 is 0.611 bits per heavy atom. The highest BCUT2D eigenvalue weighted by molar-refractivity contribution is 7.94. The zero-order valence-electron chi connectivity index (χ0n) is 26.9. The van der Waals surface area contributed by atoms with E-state index in [0.29, 0.717) is 39.6 Å². The number of nitrogens with one attached hydrogen (secondary N) is 4. The lowest BCUT2D eigenvalue weighted by Crippen LogP contribution is -2.06. The highest BCUT2D eigenvalue weighted by Crippen LogP contribution is 2.32. The van der Waals surface area contributed by atoms with E-state index in [9.17, 15) is 23.2 Å². The zero-order chi connectivity index (χ0) is 38.2. The van der Waals surface area contributed by atoms with Crippen molar-refractivity contribution in [3.8, 4) is 11.5 Å². The molecule has 2 heterocycles. The molecule has 0 fully saturated rings. The van der Waals surface area contributed by atoms with Crippen LogP contribution in [0.5, 0.6) is 11.5 Å². The molecule has 0 atom stereocenters. The maximum absolute atomic E-state index is 12.5. The van der Waals surface area contributed by atoms with Gasteiger partial charge < -0.3 is 31.5 Å². The van der Waals surface area contributed by atoms with Gasteiger partial charge in [-0.3, -0.25) is 4.55 Å². The molecule has 22 heteroatoms. The minimum Gasteiger partial charge on any atom is -0.508 e. The molecule has 0 saturated heterocycles. The van der Waals surface area contributed by atoms with E-state index in [-0.39, 0.29) is 57.1 Å². The smallest absolute Gasteiger partial charge is 0.295 e. The second-order valence-electron chi connectivity index (χ2n) is 10.6. The van der Waals surface area contributed by atoms with Crippen LogP contribution in [0.4, 0.5) is 46.5 Å². The van der Waals surface area contributed by atoms with Crippen LogP contribution in [0.1, 0.15) is 11.1 Å². The van der Waals surface area contributed by atoms with Gasteiger partial charge in [0.2, 0.25) is 34.4 Å². The number of nitrogens with zero attached hydrogens (tertiary/aromatic N) is 6. The Morgan fingerprint density at radius 3 is 1.52 bits per heavy atom. The number of phenolic OH excluding ortho intramolecular Hbond substituents is 2. The highest BCUT2D eigenvalue weighted by atomic mass is 35.5. The number of phenols is 2. The minimum absolute atomic E-state index is 0.0132. The molecular formula is C32H24Cl2N10O8S2. The number of rotatable bonds is 14. The van der Waals surface area contributed by atoms with Crippen LogP contribution in [0, 0.1) is 0 Å². The van der Waals surface area contributed by atoms with Crippen molar-refractivity contribution < 1.29 is 37.8 Å². The van der Waals surface area contributed by atoms with Crippen LogP contribution in [0.3, 0.4) is 0 Å². The summed E-state index contributed by atoms with van der Waals surface area (Å²) in [4.78, 5) is 24.6. The van der Waals surface area contributed by atoms with Gasteiger partial charge in [0.1, 0.15) is 16.4 Å². The molecule has 0 aliphatic heterocycles. The molecular weight excluding hydrogens is 787 g/mol. The van der Waals surface area contributed by atoms with E-state index >= 15 is 0 Å². The van der Waals surface area contributed by atoms with Gasteiger partial charge in [0.05, 0.1) is 12.0 Å². The van der Waals surface area contributed by atoms with Crippen LogP contribution in [-0.2, 0) is 19.5 Å². The number of anilines is 8. The van der Waals surface area contributed by atoms with Crippen LogP contribution >= 0.6 is 35.2 Å². The number of hydrogen-bond acceptors (Lipinski definition) is 18. The van der Waals surface area contributed by atoms with Crippen molar-refractivity contribution in [1.82, 2.24) is 29.9 Å². The largest absolute Gasteiger partial charge is 0.508 e. The number of aromatic nitrogens is 6. The predicted molar refractivity (Wildman–Crippen MR) is 201 cm³/mol. The number of aromatic hydroxyl groups is 2. The highest BCUT2D eigenvalue weighted by Gasteiger charge is 2.17. The van der Waals surface area contributed by atoms with Gasteiger partial charge in [0.25, 0.3) is 10.1 Å². The first-order chi connectivity index (χ1) is 25.9. The Hall–Kier alpha value is -5.84. The fraction of sp³-hybridized carbons (Fsp3) is 0. The van der Waals surface area contributed by atoms with Gasteiger partial charge in [0.15, 0.2) is 0 Å². The van der Waals surface area contributed by atoms with Crippen molar-refractivity contribution in [1.29, 1.82) is 0 Å². The summed E-state index contributed by atoms with van der Waals surface area (Å²) >= 11 is 12.8. The third-order valence-corrected chi connectivity index (χ3v) is 8.74. The summed E-state index contributed by atoms with van der Waals surface area (Å²) < 4.78 is 39.7. The molecule has 276 valence electrons. The van der Waals surface area contributed by atoms with E-state index in [0.717, 1.165) is 0 Å². The minimum atomic E-state index is -4.76. The van der Waals surface area contributed by atoms with E-state index in [1.165, 1.54) is 54.6 Å². The van der Waals surface area contributed by atoms with Crippen LogP contribution in [-0.4, -0.2) is 58.3 Å². The summed E-state index contributed by atoms with van der Waals surface area (Å²) in [5, 5.41) is 43.4. The Balaban J connectivity index is 1.23. The Bertz CT molecular complexity index is 2470. The fourth-order valence-corrected chi connectivity index (χ4v) is 6.18. The third-order valence-electron chi connectivity index (χ3n) is 6.83. The molecule has 0 aliphatic rings. The molecule has 0 aliphatic carbocycles. The first kappa shape index (κ1) is 37.9. The molecule has 0 amide bonds. The topological polar surface area (TPSA) is 259 Å². The zero-order valence-corrected chi connectivity index (χ0v) is 30.1. The lowest BCUT2D eigenvalue weighted by Gasteiger charge is -2.11. The second kappa shape index (κ2) is 16.9. The van der Waals surface area contributed by atoms with Crippen LogP contribution in [0.2, 0.25) is 10.6 Å². The molecule has 6 aromatic rings. The number of halogens is 2. The monoisotopic (exact) mass is 810 g/mol. The summed E-state index contributed by atoms with van der Waals surface area (Å²) in [5.41, 5.74) is 2.17. The average Bonchev–Trinajstić information content (AvgIpc) is 3.10. The molecule has 4 aromatic carbocycles. The average molecular weight is 812 g/mol. The van der Waals surface area contributed by atoms with Gasteiger partial charge in [-0.1, -0.05) is 41.5 Å². The molecule has 0 bridgehead atoms. The maximum atomic E-state index is 12.5. The van der Waals surface area contributed by atoms with Crippen molar-refractivity contribution in [2.45, 2.75) is 9.79 Å². The standard InChI is InChI=1S/C32H24Cl2N10O8S2/c33-27-39-29(35-19-3-1-5-23(45)13-19)43-31(41-27)37-21-11-9-17(25(15-21)53-52-51-47)7-8-18-10-12-22(16-26(18)54(48,49)50)38-32-42-28(34)40-30(44-32)36-20-4-2-6-24(46)14-20/h1-16,45-47H,(H,48,49,50)(H2,35,37,39,41,43)(H2,36,38,40,42,44)/b8-7+. The van der Waals surface area contributed by atoms with Crippen molar-refractivity contribution in [3.63, 3.8) is 0 Å². The third kappa shape index (κ3) is 10.4. The first-order valence-electron chi connectivity index (χ1n) is 15.0. The van der Waals surface area contributed by atoms with E-state index < -0.39 is 15.0 Å². The van der Waals surface area contributed by atoms with Crippen LogP contribution < -0.4 is 21.3 Å². The van der Waals surface area contributed by atoms with Crippen molar-refractivity contribution in [2.24, 2.45) is 0 Å². The van der Waals surface area contributed by atoms with Gasteiger partial charge in [-0.25, -0.2) is 5.26 Å². The maximum Gasteiger partial charge on any atom is 0.295 e. The summed E-state index contributed by atoms with van der Waals surface area (Å²) in [5.74, 6) is 0.186. The quantitative estimate of drug-likeness (QED) is 0.0173. The number of benzene rings is 4. The molecule has 18 nitrogen and oxygen atoms in total. The normalized spacial score (nSPS) is 11.4. The first-order valence-corrected chi connectivity index (χ1v) is 17.9. The van der Waals surface area contributed by atoms with Crippen molar-refractivity contribution >= 4 is 104 Å². The number of hydrogen-bond donors (Lipinski definition) is 8. The molecule has 0 unspecified atom stereocenters. The van der Waals surface area contributed by atoms with Gasteiger partial charge in [0, 0.05) is 39.8 Å². The molecule has 54 heavy (non-hydrogen) atoms. The Kier molecular flexibility index (Phi) is 11.8. The van der Waals surface area contributed by atoms with Crippen LogP contribution in [0.15, 0.2) is 94.7 Å². The van der Waals surface area contributed by atoms with Gasteiger partial charge in [-0.15, -0.1) is 4.33 Å². The van der Waals surface area contributed by atoms with E-state index in [1.54, 1.807) is 42.5 Å². The molecule has 0 saturated carbocycles. The lowest BCUT2D eigenvalue weighted by atomic mass is 10.1. The predicted octanol–water partition coefficient (Wildman–Crippen LogP) is 7.59. The van der Waals surface area contributed by atoms with Crippen molar-refractivity contribution in [2.75, 3.05) is 21.3 Å². The van der Waals surface area contributed by atoms with Gasteiger partial charge >= 0.3 is 0 Å². The molecule has 8 N–H and O–H groups in total. The fourth-order valence-electron chi connectivity index (χ4n) is 4.63.